The lowest BCUT2D eigenvalue weighted by Gasteiger charge is -2.17. The van der Waals surface area contributed by atoms with E-state index in [1.54, 1.807) is 0 Å². The fourth-order valence-corrected chi connectivity index (χ4v) is 1.19. The summed E-state index contributed by atoms with van der Waals surface area (Å²) in [5, 5.41) is 3.21. The normalized spacial score (nSPS) is 10.6. The Kier molecular flexibility index (Phi) is 8.57. The maximum Gasteiger partial charge on any atom is 0.306 e. The zero-order valence-electron chi connectivity index (χ0n) is 9.51. The molecule has 0 rings (SSSR count). The number of carbonyl (C=O) groups excluding carboxylic acids is 1. The first-order chi connectivity index (χ1) is 6.74. The topological polar surface area (TPSA) is 41.6 Å². The van der Waals surface area contributed by atoms with Crippen LogP contribution in [0.5, 0.6) is 0 Å². The summed E-state index contributed by atoms with van der Waals surface area (Å²) in [4.78, 5) is 13.1. The van der Waals surface area contributed by atoms with E-state index in [0.29, 0.717) is 13.0 Å². The van der Waals surface area contributed by atoms with Gasteiger partial charge < -0.3 is 15.0 Å². The van der Waals surface area contributed by atoms with Crippen molar-refractivity contribution in [2.24, 2.45) is 0 Å². The quantitative estimate of drug-likeness (QED) is 0.459. The maximum atomic E-state index is 10.7. The van der Waals surface area contributed by atoms with E-state index in [1.807, 2.05) is 0 Å². The van der Waals surface area contributed by atoms with Gasteiger partial charge in [0.15, 0.2) is 0 Å². The standard InChI is InChI=1S/C10H22N2O2/c1-4-12(5-2)9-8-11-7-6-10(13)14-3/h11H,4-9H2,1-3H3. The molecular formula is C10H22N2O2. The monoisotopic (exact) mass is 202 g/mol. The molecule has 84 valence electrons. The lowest BCUT2D eigenvalue weighted by atomic mass is 10.4. The molecule has 0 amide bonds. The Labute approximate surface area is 86.6 Å². The molecule has 4 heteroatoms. The molecule has 0 bridgehead atoms. The van der Waals surface area contributed by atoms with Gasteiger partial charge in [-0.1, -0.05) is 13.8 Å². The van der Waals surface area contributed by atoms with Crippen LogP contribution in [0.15, 0.2) is 0 Å². The predicted molar refractivity (Wildman–Crippen MR) is 57.3 cm³/mol. The molecule has 0 saturated heterocycles. The third kappa shape index (κ3) is 6.86. The van der Waals surface area contributed by atoms with Crippen molar-refractivity contribution < 1.29 is 9.53 Å². The highest BCUT2D eigenvalue weighted by Gasteiger charge is 2.00. The molecule has 0 aliphatic carbocycles. The van der Waals surface area contributed by atoms with E-state index in [4.69, 9.17) is 0 Å². The van der Waals surface area contributed by atoms with E-state index in [9.17, 15) is 4.79 Å². The number of carbonyl (C=O) groups is 1. The van der Waals surface area contributed by atoms with E-state index < -0.39 is 0 Å². The molecule has 0 aliphatic heterocycles. The summed E-state index contributed by atoms with van der Waals surface area (Å²) in [5.41, 5.74) is 0. The largest absolute Gasteiger partial charge is 0.469 e. The van der Waals surface area contributed by atoms with Crippen LogP contribution in [0.4, 0.5) is 0 Å². The second-order valence-electron chi connectivity index (χ2n) is 3.10. The van der Waals surface area contributed by atoms with E-state index in [0.717, 1.165) is 26.2 Å². The molecule has 0 aliphatic rings. The van der Waals surface area contributed by atoms with Gasteiger partial charge in [0, 0.05) is 19.6 Å². The maximum absolute atomic E-state index is 10.7. The highest BCUT2D eigenvalue weighted by Crippen LogP contribution is 1.85. The Morgan fingerprint density at radius 3 is 2.43 bits per heavy atom. The van der Waals surface area contributed by atoms with E-state index in [-0.39, 0.29) is 5.97 Å². The summed E-state index contributed by atoms with van der Waals surface area (Å²) in [7, 11) is 1.41. The van der Waals surface area contributed by atoms with Gasteiger partial charge in [-0.2, -0.15) is 0 Å². The first-order valence-corrected chi connectivity index (χ1v) is 5.24. The first-order valence-electron chi connectivity index (χ1n) is 5.24. The molecule has 1 N–H and O–H groups in total. The van der Waals surface area contributed by atoms with Crippen molar-refractivity contribution in [2.45, 2.75) is 20.3 Å². The average molecular weight is 202 g/mol. The van der Waals surface area contributed by atoms with Crippen molar-refractivity contribution in [1.82, 2.24) is 10.2 Å². The summed E-state index contributed by atoms with van der Waals surface area (Å²) < 4.78 is 4.53. The number of esters is 1. The van der Waals surface area contributed by atoms with Crippen LogP contribution in [0.2, 0.25) is 0 Å². The van der Waals surface area contributed by atoms with Crippen molar-refractivity contribution in [3.63, 3.8) is 0 Å². The summed E-state index contributed by atoms with van der Waals surface area (Å²) >= 11 is 0. The van der Waals surface area contributed by atoms with Crippen LogP contribution in [0.3, 0.4) is 0 Å². The van der Waals surface area contributed by atoms with E-state index in [2.05, 4.69) is 28.8 Å². The third-order valence-corrected chi connectivity index (χ3v) is 2.23. The minimum absolute atomic E-state index is 0.152. The van der Waals surface area contributed by atoms with Crippen molar-refractivity contribution >= 4 is 5.97 Å². The van der Waals surface area contributed by atoms with Gasteiger partial charge >= 0.3 is 5.97 Å². The summed E-state index contributed by atoms with van der Waals surface area (Å²) in [5.74, 6) is -0.152. The zero-order valence-corrected chi connectivity index (χ0v) is 9.51. The van der Waals surface area contributed by atoms with Crippen LogP contribution in [-0.2, 0) is 9.53 Å². The van der Waals surface area contributed by atoms with Crippen LogP contribution in [-0.4, -0.2) is 50.7 Å². The molecule has 0 unspecified atom stereocenters. The van der Waals surface area contributed by atoms with Crippen molar-refractivity contribution in [3.8, 4) is 0 Å². The second kappa shape index (κ2) is 8.97. The highest BCUT2D eigenvalue weighted by atomic mass is 16.5. The second-order valence-corrected chi connectivity index (χ2v) is 3.10. The van der Waals surface area contributed by atoms with Crippen LogP contribution in [0.25, 0.3) is 0 Å². The van der Waals surface area contributed by atoms with Crippen LogP contribution < -0.4 is 5.32 Å². The van der Waals surface area contributed by atoms with Gasteiger partial charge in [-0.25, -0.2) is 0 Å². The van der Waals surface area contributed by atoms with Crippen molar-refractivity contribution in [1.29, 1.82) is 0 Å². The highest BCUT2D eigenvalue weighted by molar-refractivity contribution is 5.69. The zero-order chi connectivity index (χ0) is 10.8. The molecule has 14 heavy (non-hydrogen) atoms. The van der Waals surface area contributed by atoms with Crippen molar-refractivity contribution in [2.75, 3.05) is 39.8 Å². The number of likely N-dealkylation sites (N-methyl/N-ethyl adjacent to an activating group) is 1. The predicted octanol–water partition coefficient (Wildman–Crippen LogP) is 0.481. The number of methoxy groups -OCH3 is 1. The van der Waals surface area contributed by atoms with E-state index >= 15 is 0 Å². The number of nitrogens with one attached hydrogen (secondary N) is 1. The molecule has 0 saturated carbocycles. The molecule has 0 spiro atoms. The number of hydrogen-bond acceptors (Lipinski definition) is 4. The van der Waals surface area contributed by atoms with Gasteiger partial charge in [0.05, 0.1) is 13.5 Å². The Bertz CT molecular complexity index is 147. The Hall–Kier alpha value is -0.610. The Morgan fingerprint density at radius 1 is 1.29 bits per heavy atom. The molecule has 0 atom stereocenters. The van der Waals surface area contributed by atoms with Gasteiger partial charge in [-0.05, 0) is 13.1 Å². The van der Waals surface area contributed by atoms with Crippen molar-refractivity contribution in [3.05, 3.63) is 0 Å². The lowest BCUT2D eigenvalue weighted by molar-refractivity contribution is -0.140. The number of nitrogens with zero attached hydrogens (tertiary/aromatic N) is 1. The van der Waals surface area contributed by atoms with Gasteiger partial charge in [0.2, 0.25) is 0 Å². The number of hydrogen-bond donors (Lipinski definition) is 1. The molecule has 0 fully saturated rings. The van der Waals surface area contributed by atoms with Gasteiger partial charge in [0.1, 0.15) is 0 Å². The van der Waals surface area contributed by atoms with E-state index in [1.165, 1.54) is 7.11 Å². The summed E-state index contributed by atoms with van der Waals surface area (Å²) in [6.07, 6.45) is 0.453. The summed E-state index contributed by atoms with van der Waals surface area (Å²) in [6, 6.07) is 0. The summed E-state index contributed by atoms with van der Waals surface area (Å²) in [6.45, 7) is 9.13. The molecule has 0 aromatic heterocycles. The van der Waals surface area contributed by atoms with Gasteiger partial charge in [0.25, 0.3) is 0 Å². The third-order valence-electron chi connectivity index (χ3n) is 2.23. The molecule has 0 radical (unpaired) electrons. The molecular weight excluding hydrogens is 180 g/mol. The Morgan fingerprint density at radius 2 is 1.93 bits per heavy atom. The average Bonchev–Trinajstić information content (AvgIpc) is 2.23. The fraction of sp³-hybridized carbons (Fsp3) is 0.900. The number of ether oxygens (including phenoxy) is 1. The first kappa shape index (κ1) is 13.4. The van der Waals surface area contributed by atoms with Crippen LogP contribution in [0, 0.1) is 0 Å². The van der Waals surface area contributed by atoms with Gasteiger partial charge in [-0.3, -0.25) is 4.79 Å². The SMILES string of the molecule is CCN(CC)CCNCCC(=O)OC. The number of rotatable bonds is 8. The van der Waals surface area contributed by atoms with Crippen LogP contribution in [0.1, 0.15) is 20.3 Å². The smallest absolute Gasteiger partial charge is 0.306 e. The minimum atomic E-state index is -0.152. The molecule has 0 aromatic rings. The molecule has 0 aromatic carbocycles. The van der Waals surface area contributed by atoms with Crippen LogP contribution >= 0.6 is 0 Å². The minimum Gasteiger partial charge on any atom is -0.469 e. The molecule has 0 heterocycles. The lowest BCUT2D eigenvalue weighted by Crippen LogP contribution is -2.32. The van der Waals surface area contributed by atoms with Gasteiger partial charge in [-0.15, -0.1) is 0 Å². The fourth-order valence-electron chi connectivity index (χ4n) is 1.19. The molecule has 4 nitrogen and oxygen atoms in total. The Balaban J connectivity index is 3.24.